The molecule has 0 saturated carbocycles. The molecular weight excluding hydrogens is 296 g/mol. The van der Waals surface area contributed by atoms with Gasteiger partial charge in [-0.3, -0.25) is 14.9 Å². The van der Waals surface area contributed by atoms with E-state index in [0.717, 1.165) is 19.0 Å². The lowest BCUT2D eigenvalue weighted by Gasteiger charge is -2.33. The van der Waals surface area contributed by atoms with E-state index in [0.29, 0.717) is 19.0 Å². The van der Waals surface area contributed by atoms with Gasteiger partial charge >= 0.3 is 0 Å². The molecule has 1 fully saturated rings. The van der Waals surface area contributed by atoms with Gasteiger partial charge in [-0.1, -0.05) is 11.6 Å². The second-order valence-corrected chi connectivity index (χ2v) is 5.66. The molecule has 2 heterocycles. The maximum atomic E-state index is 12.5. The van der Waals surface area contributed by atoms with Crippen molar-refractivity contribution in [2.45, 2.75) is 25.8 Å². The standard InChI is InChI=1S/C13H17ClN4O3/c1-8(15)9-2-4-17(5-3-9)13(19)10-6-12(14)16-7-11(10)18(20)21/h6-9H,2-5,15H2,1H3. The Labute approximate surface area is 127 Å². The van der Waals surface area contributed by atoms with Gasteiger partial charge in [-0.2, -0.15) is 0 Å². The van der Waals surface area contributed by atoms with Crippen molar-refractivity contribution in [3.63, 3.8) is 0 Å². The Morgan fingerprint density at radius 3 is 2.71 bits per heavy atom. The molecule has 0 aliphatic carbocycles. The quantitative estimate of drug-likeness (QED) is 0.521. The second-order valence-electron chi connectivity index (χ2n) is 5.27. The van der Waals surface area contributed by atoms with Gasteiger partial charge in [0.15, 0.2) is 0 Å². The number of nitrogens with two attached hydrogens (primary N) is 1. The lowest BCUT2D eigenvalue weighted by molar-refractivity contribution is -0.385. The molecule has 1 aromatic heterocycles. The minimum Gasteiger partial charge on any atom is -0.338 e. The normalized spacial score (nSPS) is 17.6. The van der Waals surface area contributed by atoms with Gasteiger partial charge in [0, 0.05) is 19.1 Å². The maximum Gasteiger partial charge on any atom is 0.300 e. The zero-order chi connectivity index (χ0) is 15.6. The van der Waals surface area contributed by atoms with Crippen molar-refractivity contribution in [3.8, 4) is 0 Å². The van der Waals surface area contributed by atoms with Crippen molar-refractivity contribution in [1.82, 2.24) is 9.88 Å². The summed E-state index contributed by atoms with van der Waals surface area (Å²) in [5.74, 6) is -0.000752. The molecule has 1 atom stereocenters. The zero-order valence-electron chi connectivity index (χ0n) is 11.7. The van der Waals surface area contributed by atoms with Crippen molar-refractivity contribution in [2.75, 3.05) is 13.1 Å². The fraction of sp³-hybridized carbons (Fsp3) is 0.538. The topological polar surface area (TPSA) is 102 Å². The van der Waals surface area contributed by atoms with Gasteiger partial charge in [-0.15, -0.1) is 0 Å². The monoisotopic (exact) mass is 312 g/mol. The van der Waals surface area contributed by atoms with Crippen LogP contribution in [0.5, 0.6) is 0 Å². The first-order chi connectivity index (χ1) is 9.90. The van der Waals surface area contributed by atoms with Gasteiger partial charge in [-0.25, -0.2) is 4.98 Å². The lowest BCUT2D eigenvalue weighted by atomic mass is 9.90. The second kappa shape index (κ2) is 6.36. The van der Waals surface area contributed by atoms with Crippen LogP contribution in [0.4, 0.5) is 5.69 Å². The lowest BCUT2D eigenvalue weighted by Crippen LogP contribution is -2.42. The van der Waals surface area contributed by atoms with Crippen molar-refractivity contribution in [1.29, 1.82) is 0 Å². The van der Waals surface area contributed by atoms with Crippen molar-refractivity contribution >= 4 is 23.2 Å². The van der Waals surface area contributed by atoms with E-state index in [1.165, 1.54) is 6.07 Å². The number of carbonyl (C=O) groups excluding carboxylic acids is 1. The van der Waals surface area contributed by atoms with Crippen LogP contribution in [-0.2, 0) is 0 Å². The molecule has 8 heteroatoms. The Balaban J connectivity index is 2.18. The molecule has 1 saturated heterocycles. The van der Waals surface area contributed by atoms with E-state index in [9.17, 15) is 14.9 Å². The van der Waals surface area contributed by atoms with Gasteiger partial charge in [0.2, 0.25) is 0 Å². The third kappa shape index (κ3) is 3.48. The molecule has 1 aliphatic heterocycles. The summed E-state index contributed by atoms with van der Waals surface area (Å²) in [5.41, 5.74) is 5.53. The van der Waals surface area contributed by atoms with Gasteiger partial charge in [0.1, 0.15) is 16.9 Å². The fourth-order valence-electron chi connectivity index (χ4n) is 2.54. The molecule has 1 aromatic rings. The highest BCUT2D eigenvalue weighted by atomic mass is 35.5. The van der Waals surface area contributed by atoms with E-state index >= 15 is 0 Å². The number of amides is 1. The van der Waals surface area contributed by atoms with Gasteiger partial charge < -0.3 is 10.6 Å². The van der Waals surface area contributed by atoms with Crippen LogP contribution in [0.3, 0.4) is 0 Å². The Hall–Kier alpha value is -1.73. The van der Waals surface area contributed by atoms with Gasteiger partial charge in [0.25, 0.3) is 11.6 Å². The summed E-state index contributed by atoms with van der Waals surface area (Å²) in [6, 6.07) is 1.34. The Bertz CT molecular complexity index is 556. The predicted molar refractivity (Wildman–Crippen MR) is 78.2 cm³/mol. The molecule has 2 rings (SSSR count). The first-order valence-corrected chi connectivity index (χ1v) is 7.12. The Morgan fingerprint density at radius 2 is 2.19 bits per heavy atom. The number of aromatic nitrogens is 1. The minimum absolute atomic E-state index is 0.0146. The number of rotatable bonds is 3. The van der Waals surface area contributed by atoms with E-state index in [4.69, 9.17) is 17.3 Å². The molecule has 0 aromatic carbocycles. The third-order valence-electron chi connectivity index (χ3n) is 3.85. The minimum atomic E-state index is -0.620. The zero-order valence-corrected chi connectivity index (χ0v) is 12.4. The van der Waals surface area contributed by atoms with Crippen LogP contribution in [0, 0.1) is 16.0 Å². The van der Waals surface area contributed by atoms with Gasteiger partial charge in [-0.05, 0) is 31.7 Å². The van der Waals surface area contributed by atoms with E-state index in [1.54, 1.807) is 4.90 Å². The predicted octanol–water partition coefficient (Wildman–Crippen LogP) is 1.84. The van der Waals surface area contributed by atoms with Crippen LogP contribution in [0.2, 0.25) is 5.15 Å². The summed E-state index contributed by atoms with van der Waals surface area (Å²) in [6.07, 6.45) is 2.62. The Kier molecular flexibility index (Phi) is 4.74. The fourth-order valence-corrected chi connectivity index (χ4v) is 2.70. The summed E-state index contributed by atoms with van der Waals surface area (Å²) in [7, 11) is 0. The molecule has 114 valence electrons. The van der Waals surface area contributed by atoms with Crippen LogP contribution >= 0.6 is 11.6 Å². The van der Waals surface area contributed by atoms with E-state index in [1.807, 2.05) is 6.92 Å². The first kappa shape index (κ1) is 15.7. The van der Waals surface area contributed by atoms with Crippen LogP contribution in [0.15, 0.2) is 12.3 Å². The molecule has 0 radical (unpaired) electrons. The number of hydrogen-bond donors (Lipinski definition) is 1. The summed E-state index contributed by atoms with van der Waals surface area (Å²) >= 11 is 5.75. The number of piperidine rings is 1. The average molecular weight is 313 g/mol. The van der Waals surface area contributed by atoms with Crippen LogP contribution < -0.4 is 5.73 Å². The third-order valence-corrected chi connectivity index (χ3v) is 4.05. The first-order valence-electron chi connectivity index (χ1n) is 6.75. The molecule has 1 amide bonds. The maximum absolute atomic E-state index is 12.5. The highest BCUT2D eigenvalue weighted by Crippen LogP contribution is 2.25. The van der Waals surface area contributed by atoms with Crippen LogP contribution in [0.25, 0.3) is 0 Å². The molecule has 1 unspecified atom stereocenters. The smallest absolute Gasteiger partial charge is 0.300 e. The molecule has 0 spiro atoms. The van der Waals surface area contributed by atoms with Crippen molar-refractivity contribution in [2.24, 2.45) is 11.7 Å². The average Bonchev–Trinajstić information content (AvgIpc) is 2.46. The highest BCUT2D eigenvalue weighted by Gasteiger charge is 2.29. The SMILES string of the molecule is CC(N)C1CCN(C(=O)c2cc(Cl)ncc2[N+](=O)[O-])CC1. The number of nitrogens with zero attached hydrogens (tertiary/aromatic N) is 3. The van der Waals surface area contributed by atoms with Crippen LogP contribution in [0.1, 0.15) is 30.1 Å². The Morgan fingerprint density at radius 1 is 1.57 bits per heavy atom. The number of hydrogen-bond acceptors (Lipinski definition) is 5. The largest absolute Gasteiger partial charge is 0.338 e. The molecule has 0 bridgehead atoms. The summed E-state index contributed by atoms with van der Waals surface area (Å²) < 4.78 is 0. The molecule has 2 N–H and O–H groups in total. The van der Waals surface area contributed by atoms with Crippen molar-refractivity contribution in [3.05, 3.63) is 33.1 Å². The molecule has 1 aliphatic rings. The van der Waals surface area contributed by atoms with Crippen LogP contribution in [-0.4, -0.2) is 39.8 Å². The molecular formula is C13H17ClN4O3. The number of likely N-dealkylation sites (tertiary alicyclic amines) is 1. The summed E-state index contributed by atoms with van der Waals surface area (Å²) in [6.45, 7) is 3.04. The number of halogens is 1. The number of carbonyl (C=O) groups is 1. The van der Waals surface area contributed by atoms with Gasteiger partial charge in [0.05, 0.1) is 4.92 Å². The summed E-state index contributed by atoms with van der Waals surface area (Å²) in [5, 5.41) is 11.1. The number of pyridine rings is 1. The molecule has 7 nitrogen and oxygen atoms in total. The van der Waals surface area contributed by atoms with E-state index in [2.05, 4.69) is 4.98 Å². The number of nitro groups is 1. The molecule has 21 heavy (non-hydrogen) atoms. The van der Waals surface area contributed by atoms with E-state index < -0.39 is 4.92 Å². The van der Waals surface area contributed by atoms with E-state index in [-0.39, 0.29) is 28.4 Å². The summed E-state index contributed by atoms with van der Waals surface area (Å²) in [4.78, 5) is 28.1. The highest BCUT2D eigenvalue weighted by molar-refractivity contribution is 6.29. The van der Waals surface area contributed by atoms with Crippen molar-refractivity contribution < 1.29 is 9.72 Å².